The maximum absolute atomic E-state index is 12.8. The van der Waals surface area contributed by atoms with Crippen molar-refractivity contribution in [2.45, 2.75) is 17.7 Å². The van der Waals surface area contributed by atoms with E-state index in [1.54, 1.807) is 4.90 Å². The molecule has 1 heterocycles. The molecule has 1 saturated heterocycles. The highest BCUT2D eigenvalue weighted by Gasteiger charge is 2.30. The maximum Gasteiger partial charge on any atom is 0.247 e. The van der Waals surface area contributed by atoms with Gasteiger partial charge in [0.25, 0.3) is 0 Å². The number of hydrogen-bond donors (Lipinski definition) is 1. The van der Waals surface area contributed by atoms with Gasteiger partial charge in [-0.25, -0.2) is 8.42 Å². The number of sulfonamides is 1. The average Bonchev–Trinajstić information content (AvgIpc) is 2.61. The molecule has 26 heavy (non-hydrogen) atoms. The van der Waals surface area contributed by atoms with Gasteiger partial charge in [-0.05, 0) is 31.0 Å². The standard InChI is InChI=1S/C16H22ClN3O5S/c1-19(10-15(21)20-7-5-11(6-8-20)16(18)22)26(23,24)14-9-12(17)3-4-13(14)25-2/h3-4,9,11H,5-8,10H2,1-2H3,(H2,18,22). The molecule has 1 aromatic carbocycles. The lowest BCUT2D eigenvalue weighted by molar-refractivity contribution is -0.134. The van der Waals surface area contributed by atoms with Gasteiger partial charge in [-0.1, -0.05) is 11.6 Å². The Morgan fingerprint density at radius 2 is 1.96 bits per heavy atom. The Kier molecular flexibility index (Phi) is 6.48. The molecule has 144 valence electrons. The van der Waals surface area contributed by atoms with Crippen molar-refractivity contribution in [3.05, 3.63) is 23.2 Å². The third kappa shape index (κ3) is 4.46. The van der Waals surface area contributed by atoms with Gasteiger partial charge in [0.05, 0.1) is 13.7 Å². The molecule has 2 rings (SSSR count). The SMILES string of the molecule is COc1ccc(Cl)cc1S(=O)(=O)N(C)CC(=O)N1CCC(C(N)=O)CC1. The minimum atomic E-state index is -3.96. The fourth-order valence-electron chi connectivity index (χ4n) is 2.81. The Balaban J connectivity index is 2.09. The zero-order chi connectivity index (χ0) is 19.5. The highest BCUT2D eigenvalue weighted by atomic mass is 35.5. The van der Waals surface area contributed by atoms with Gasteiger partial charge in [-0.2, -0.15) is 4.31 Å². The van der Waals surface area contributed by atoms with E-state index in [1.807, 2.05) is 0 Å². The predicted octanol–water partition coefficient (Wildman–Crippen LogP) is 0.693. The fourth-order valence-corrected chi connectivity index (χ4v) is 4.34. The molecular weight excluding hydrogens is 382 g/mol. The normalized spacial score (nSPS) is 15.9. The maximum atomic E-state index is 12.8. The number of benzene rings is 1. The van der Waals surface area contributed by atoms with Crippen LogP contribution in [0.25, 0.3) is 0 Å². The molecule has 1 aromatic rings. The lowest BCUT2D eigenvalue weighted by Gasteiger charge is -2.31. The Morgan fingerprint density at radius 3 is 2.50 bits per heavy atom. The van der Waals surface area contributed by atoms with Crippen molar-refractivity contribution in [2.75, 3.05) is 33.8 Å². The number of carbonyl (C=O) groups is 2. The summed E-state index contributed by atoms with van der Waals surface area (Å²) < 4.78 is 31.6. The van der Waals surface area contributed by atoms with E-state index in [0.29, 0.717) is 25.9 Å². The van der Waals surface area contributed by atoms with Crippen LogP contribution < -0.4 is 10.5 Å². The minimum Gasteiger partial charge on any atom is -0.495 e. The first kappa shape index (κ1) is 20.5. The van der Waals surface area contributed by atoms with E-state index in [0.717, 1.165) is 4.31 Å². The zero-order valence-electron chi connectivity index (χ0n) is 14.6. The summed E-state index contributed by atoms with van der Waals surface area (Å²) in [5.74, 6) is -0.794. The quantitative estimate of drug-likeness (QED) is 0.751. The van der Waals surface area contributed by atoms with Gasteiger partial charge in [-0.15, -0.1) is 0 Å². The van der Waals surface area contributed by atoms with Gasteiger partial charge >= 0.3 is 0 Å². The molecule has 0 unspecified atom stereocenters. The van der Waals surface area contributed by atoms with Gasteiger partial charge in [0.15, 0.2) is 0 Å². The summed E-state index contributed by atoms with van der Waals surface area (Å²) >= 11 is 5.90. The largest absolute Gasteiger partial charge is 0.495 e. The van der Waals surface area contributed by atoms with Crippen molar-refractivity contribution in [3.63, 3.8) is 0 Å². The third-order valence-electron chi connectivity index (χ3n) is 4.42. The molecule has 1 fully saturated rings. The van der Waals surface area contributed by atoms with E-state index in [2.05, 4.69) is 0 Å². The number of amides is 2. The Hall–Kier alpha value is -1.84. The van der Waals surface area contributed by atoms with E-state index in [9.17, 15) is 18.0 Å². The molecule has 10 heteroatoms. The summed E-state index contributed by atoms with van der Waals surface area (Å²) in [5, 5.41) is 0.248. The zero-order valence-corrected chi connectivity index (χ0v) is 16.2. The molecule has 8 nitrogen and oxygen atoms in total. The van der Waals surface area contributed by atoms with Crippen molar-refractivity contribution < 1.29 is 22.7 Å². The number of methoxy groups -OCH3 is 1. The van der Waals surface area contributed by atoms with Crippen LogP contribution in [0.3, 0.4) is 0 Å². The number of nitrogens with zero attached hydrogens (tertiary/aromatic N) is 2. The van der Waals surface area contributed by atoms with Crippen molar-refractivity contribution in [3.8, 4) is 5.75 Å². The van der Waals surface area contributed by atoms with Crippen molar-refractivity contribution in [1.29, 1.82) is 0 Å². The van der Waals surface area contributed by atoms with Crippen molar-refractivity contribution >= 4 is 33.4 Å². The number of hydrogen-bond acceptors (Lipinski definition) is 5. The smallest absolute Gasteiger partial charge is 0.247 e. The summed E-state index contributed by atoms with van der Waals surface area (Å²) in [5.41, 5.74) is 5.28. The molecular formula is C16H22ClN3O5S. The van der Waals surface area contributed by atoms with Gasteiger partial charge in [0.2, 0.25) is 21.8 Å². The molecule has 0 spiro atoms. The summed E-state index contributed by atoms with van der Waals surface area (Å²) in [7, 11) is -1.28. The average molecular weight is 404 g/mol. The molecule has 2 amide bonds. The van der Waals surface area contributed by atoms with Crippen LogP contribution in [0.4, 0.5) is 0 Å². The number of nitrogens with two attached hydrogens (primary N) is 1. The van der Waals surface area contributed by atoms with Crippen molar-refractivity contribution in [1.82, 2.24) is 9.21 Å². The molecule has 1 aliphatic heterocycles. The Labute approximate surface area is 157 Å². The number of piperidine rings is 1. The number of ether oxygens (including phenoxy) is 1. The van der Waals surface area contributed by atoms with E-state index in [-0.39, 0.29) is 39.9 Å². The Bertz CT molecular complexity index is 791. The Morgan fingerprint density at radius 1 is 1.35 bits per heavy atom. The number of carbonyl (C=O) groups excluding carboxylic acids is 2. The lowest BCUT2D eigenvalue weighted by Crippen LogP contribution is -2.46. The summed E-state index contributed by atoms with van der Waals surface area (Å²) in [6.07, 6.45) is 0.972. The highest BCUT2D eigenvalue weighted by molar-refractivity contribution is 7.89. The molecule has 0 aliphatic carbocycles. The lowest BCUT2D eigenvalue weighted by atomic mass is 9.96. The first-order valence-corrected chi connectivity index (χ1v) is 9.85. The minimum absolute atomic E-state index is 0.102. The summed E-state index contributed by atoms with van der Waals surface area (Å²) in [6, 6.07) is 4.27. The summed E-state index contributed by atoms with van der Waals surface area (Å²) in [6.45, 7) is 0.431. The second-order valence-electron chi connectivity index (χ2n) is 6.11. The molecule has 0 saturated carbocycles. The second-order valence-corrected chi connectivity index (χ2v) is 8.56. The highest BCUT2D eigenvalue weighted by Crippen LogP contribution is 2.29. The van der Waals surface area contributed by atoms with Crippen LogP contribution in [0, 0.1) is 5.92 Å². The molecule has 0 atom stereocenters. The van der Waals surface area contributed by atoms with Crippen LogP contribution in [0.2, 0.25) is 5.02 Å². The second kappa shape index (κ2) is 8.24. The molecule has 2 N–H and O–H groups in total. The van der Waals surface area contributed by atoms with E-state index < -0.39 is 10.0 Å². The number of primary amides is 1. The predicted molar refractivity (Wildman–Crippen MR) is 96.3 cm³/mol. The number of rotatable bonds is 6. The first-order valence-electron chi connectivity index (χ1n) is 8.03. The number of halogens is 1. The van der Waals surface area contributed by atoms with Crippen LogP contribution in [-0.2, 0) is 19.6 Å². The van der Waals surface area contributed by atoms with Crippen LogP contribution in [0.15, 0.2) is 23.1 Å². The molecule has 0 aromatic heterocycles. The number of likely N-dealkylation sites (N-methyl/N-ethyl adjacent to an activating group) is 1. The summed E-state index contributed by atoms with van der Waals surface area (Å²) in [4.78, 5) is 25.1. The third-order valence-corrected chi connectivity index (χ3v) is 6.48. The van der Waals surface area contributed by atoms with E-state index >= 15 is 0 Å². The monoisotopic (exact) mass is 403 g/mol. The van der Waals surface area contributed by atoms with Crippen molar-refractivity contribution in [2.24, 2.45) is 11.7 Å². The van der Waals surface area contributed by atoms with Crippen LogP contribution in [0.1, 0.15) is 12.8 Å². The van der Waals surface area contributed by atoms with Crippen LogP contribution >= 0.6 is 11.6 Å². The molecule has 1 aliphatic rings. The van der Waals surface area contributed by atoms with Crippen LogP contribution in [0.5, 0.6) is 5.75 Å². The first-order chi connectivity index (χ1) is 12.2. The number of likely N-dealkylation sites (tertiary alicyclic amines) is 1. The van der Waals surface area contributed by atoms with Crippen LogP contribution in [-0.4, -0.2) is 63.2 Å². The van der Waals surface area contributed by atoms with E-state index in [1.165, 1.54) is 32.4 Å². The van der Waals surface area contributed by atoms with Gasteiger partial charge in [-0.3, -0.25) is 9.59 Å². The molecule has 0 radical (unpaired) electrons. The van der Waals surface area contributed by atoms with Gasteiger partial charge in [0, 0.05) is 31.1 Å². The molecule has 0 bridgehead atoms. The van der Waals surface area contributed by atoms with Gasteiger partial charge in [0.1, 0.15) is 10.6 Å². The fraction of sp³-hybridized carbons (Fsp3) is 0.500. The van der Waals surface area contributed by atoms with E-state index in [4.69, 9.17) is 22.1 Å². The van der Waals surface area contributed by atoms with Gasteiger partial charge < -0.3 is 15.4 Å². The topological polar surface area (TPSA) is 110 Å².